The number of hydrogen-bond acceptors (Lipinski definition) is 7. The van der Waals surface area contributed by atoms with E-state index in [1.54, 1.807) is 0 Å². The maximum Gasteiger partial charge on any atom is 0.191 e. The molecule has 0 radical (unpaired) electrons. The standard InChI is InChI=1S/C21H39N7O3.HI/c1-18-25-26-20(27(18)2)16-24-21(23-7-8-28-9-14-30-15-10-28)22-6-3-11-31-17-19-4-12-29-13-5-19;/h19H,3-17H2,1-2H3,(H2,22,23,24);1H. The first kappa shape index (κ1) is 27.2. The molecule has 0 aromatic carbocycles. The van der Waals surface area contributed by atoms with Crippen molar-refractivity contribution >= 4 is 29.9 Å². The monoisotopic (exact) mass is 565 g/mol. The number of morpholine rings is 1. The summed E-state index contributed by atoms with van der Waals surface area (Å²) in [5.74, 6) is 3.20. The molecule has 0 unspecified atom stereocenters. The van der Waals surface area contributed by atoms with E-state index in [0.29, 0.717) is 12.5 Å². The van der Waals surface area contributed by atoms with Gasteiger partial charge in [0.05, 0.1) is 13.2 Å². The number of hydrogen-bond donors (Lipinski definition) is 2. The lowest BCUT2D eigenvalue weighted by atomic mass is 10.0. The number of rotatable bonds is 11. The number of halogens is 1. The summed E-state index contributed by atoms with van der Waals surface area (Å²) in [5.41, 5.74) is 0. The molecule has 3 rings (SSSR count). The summed E-state index contributed by atoms with van der Waals surface area (Å²) in [6.45, 7) is 12.0. The predicted molar refractivity (Wildman–Crippen MR) is 135 cm³/mol. The molecule has 0 atom stereocenters. The van der Waals surface area contributed by atoms with Crippen molar-refractivity contribution in [1.29, 1.82) is 0 Å². The number of nitrogens with one attached hydrogen (secondary N) is 2. The van der Waals surface area contributed by atoms with Crippen molar-refractivity contribution in [2.45, 2.75) is 32.7 Å². The lowest BCUT2D eigenvalue weighted by Crippen LogP contribution is -2.44. The SMILES string of the molecule is Cc1nnc(CN=C(NCCCOCC2CCOCC2)NCCN2CCOCC2)n1C.I. The minimum Gasteiger partial charge on any atom is -0.381 e. The van der Waals surface area contributed by atoms with Gasteiger partial charge in [-0.1, -0.05) is 0 Å². The number of aromatic nitrogens is 3. The summed E-state index contributed by atoms with van der Waals surface area (Å²) in [7, 11) is 1.97. The normalized spacial score (nSPS) is 18.4. The summed E-state index contributed by atoms with van der Waals surface area (Å²) in [6.07, 6.45) is 3.17. The Morgan fingerprint density at radius 1 is 1.09 bits per heavy atom. The number of nitrogens with zero attached hydrogens (tertiary/aromatic N) is 5. The maximum absolute atomic E-state index is 5.87. The van der Waals surface area contributed by atoms with Gasteiger partial charge in [0, 0.05) is 66.2 Å². The molecule has 0 aliphatic carbocycles. The number of guanidine groups is 1. The van der Waals surface area contributed by atoms with Gasteiger partial charge in [0.1, 0.15) is 12.4 Å². The number of aliphatic imine (C=N–C) groups is 1. The van der Waals surface area contributed by atoms with Crippen molar-refractivity contribution in [2.75, 3.05) is 72.4 Å². The van der Waals surface area contributed by atoms with Crippen LogP contribution in [0.1, 0.15) is 30.9 Å². The molecule has 2 aliphatic heterocycles. The van der Waals surface area contributed by atoms with E-state index in [0.717, 1.165) is 109 Å². The second-order valence-corrected chi connectivity index (χ2v) is 8.18. The molecule has 11 heteroatoms. The Kier molecular flexibility index (Phi) is 13.4. The Balaban J connectivity index is 0.00000363. The molecule has 184 valence electrons. The van der Waals surface area contributed by atoms with E-state index >= 15 is 0 Å². The van der Waals surface area contributed by atoms with E-state index in [-0.39, 0.29) is 24.0 Å². The highest BCUT2D eigenvalue weighted by atomic mass is 127. The van der Waals surface area contributed by atoms with Gasteiger partial charge >= 0.3 is 0 Å². The smallest absolute Gasteiger partial charge is 0.191 e. The third-order valence-corrected chi connectivity index (χ3v) is 5.84. The van der Waals surface area contributed by atoms with Crippen LogP contribution in [-0.2, 0) is 27.8 Å². The molecule has 2 N–H and O–H groups in total. The first-order valence-corrected chi connectivity index (χ1v) is 11.5. The summed E-state index contributed by atoms with van der Waals surface area (Å²) in [5, 5.41) is 15.2. The van der Waals surface area contributed by atoms with E-state index in [1.165, 1.54) is 0 Å². The van der Waals surface area contributed by atoms with E-state index in [2.05, 4.69) is 25.7 Å². The molecular formula is C21H40IN7O3. The van der Waals surface area contributed by atoms with Crippen LogP contribution in [0.3, 0.4) is 0 Å². The fraction of sp³-hybridized carbons (Fsp3) is 0.857. The molecule has 0 amide bonds. The van der Waals surface area contributed by atoms with Crippen LogP contribution in [0.15, 0.2) is 4.99 Å². The molecule has 3 heterocycles. The summed E-state index contributed by atoms with van der Waals surface area (Å²) in [4.78, 5) is 7.12. The molecule has 2 saturated heterocycles. The maximum atomic E-state index is 5.87. The quantitative estimate of drug-likeness (QED) is 0.177. The number of aryl methyl sites for hydroxylation is 1. The molecule has 2 aliphatic rings. The van der Waals surface area contributed by atoms with Gasteiger partial charge in [0.15, 0.2) is 11.8 Å². The largest absolute Gasteiger partial charge is 0.381 e. The van der Waals surface area contributed by atoms with Crippen LogP contribution >= 0.6 is 24.0 Å². The predicted octanol–water partition coefficient (Wildman–Crippen LogP) is 0.942. The molecule has 1 aromatic rings. The van der Waals surface area contributed by atoms with Gasteiger partial charge in [-0.25, -0.2) is 4.99 Å². The summed E-state index contributed by atoms with van der Waals surface area (Å²) < 4.78 is 18.7. The van der Waals surface area contributed by atoms with Gasteiger partial charge in [-0.2, -0.15) is 0 Å². The van der Waals surface area contributed by atoms with Gasteiger partial charge in [-0.05, 0) is 32.1 Å². The molecule has 32 heavy (non-hydrogen) atoms. The van der Waals surface area contributed by atoms with Crippen molar-refractivity contribution in [1.82, 2.24) is 30.3 Å². The lowest BCUT2D eigenvalue weighted by Gasteiger charge is -2.26. The Morgan fingerprint density at radius 3 is 2.53 bits per heavy atom. The highest BCUT2D eigenvalue weighted by Crippen LogP contribution is 2.14. The van der Waals surface area contributed by atoms with Crippen molar-refractivity contribution in [3.8, 4) is 0 Å². The topological polar surface area (TPSA) is 98.1 Å². The van der Waals surface area contributed by atoms with Crippen molar-refractivity contribution in [3.63, 3.8) is 0 Å². The van der Waals surface area contributed by atoms with E-state index in [9.17, 15) is 0 Å². The summed E-state index contributed by atoms with van der Waals surface area (Å²) in [6, 6.07) is 0. The zero-order valence-electron chi connectivity index (χ0n) is 19.6. The second-order valence-electron chi connectivity index (χ2n) is 8.18. The average Bonchev–Trinajstić information content (AvgIpc) is 3.13. The van der Waals surface area contributed by atoms with Gasteiger partial charge in [0.25, 0.3) is 0 Å². The third-order valence-electron chi connectivity index (χ3n) is 5.84. The highest BCUT2D eigenvalue weighted by molar-refractivity contribution is 14.0. The highest BCUT2D eigenvalue weighted by Gasteiger charge is 2.13. The summed E-state index contributed by atoms with van der Waals surface area (Å²) >= 11 is 0. The minimum atomic E-state index is 0. The Labute approximate surface area is 208 Å². The molecule has 1 aromatic heterocycles. The van der Waals surface area contributed by atoms with E-state index in [1.807, 2.05) is 18.5 Å². The van der Waals surface area contributed by atoms with Gasteiger partial charge in [-0.3, -0.25) is 4.90 Å². The molecule has 0 bridgehead atoms. The van der Waals surface area contributed by atoms with Crippen LogP contribution < -0.4 is 10.6 Å². The van der Waals surface area contributed by atoms with Crippen molar-refractivity contribution < 1.29 is 14.2 Å². The van der Waals surface area contributed by atoms with E-state index < -0.39 is 0 Å². The Hall–Kier alpha value is -1.02. The first-order chi connectivity index (χ1) is 15.2. The molecule has 0 saturated carbocycles. The molecule has 2 fully saturated rings. The van der Waals surface area contributed by atoms with E-state index in [4.69, 9.17) is 19.2 Å². The third kappa shape index (κ3) is 9.86. The second kappa shape index (κ2) is 15.8. The molecule has 0 spiro atoms. The Morgan fingerprint density at radius 2 is 1.81 bits per heavy atom. The first-order valence-electron chi connectivity index (χ1n) is 11.5. The van der Waals surface area contributed by atoms with Crippen LogP contribution in [0.4, 0.5) is 0 Å². The lowest BCUT2D eigenvalue weighted by molar-refractivity contribution is 0.0203. The zero-order chi connectivity index (χ0) is 21.7. The Bertz CT molecular complexity index is 662. The zero-order valence-corrected chi connectivity index (χ0v) is 21.9. The van der Waals surface area contributed by atoms with Crippen LogP contribution in [0, 0.1) is 12.8 Å². The molecular weight excluding hydrogens is 525 g/mol. The van der Waals surface area contributed by atoms with Crippen LogP contribution in [0.5, 0.6) is 0 Å². The fourth-order valence-electron chi connectivity index (χ4n) is 3.61. The van der Waals surface area contributed by atoms with Crippen molar-refractivity contribution in [2.24, 2.45) is 18.0 Å². The number of ether oxygens (including phenoxy) is 3. The van der Waals surface area contributed by atoms with Crippen LogP contribution in [0.2, 0.25) is 0 Å². The average molecular weight is 566 g/mol. The fourth-order valence-corrected chi connectivity index (χ4v) is 3.61. The van der Waals surface area contributed by atoms with Crippen molar-refractivity contribution in [3.05, 3.63) is 11.6 Å². The van der Waals surface area contributed by atoms with Gasteiger partial charge in [0.2, 0.25) is 0 Å². The van der Waals surface area contributed by atoms with Gasteiger partial charge < -0.3 is 29.4 Å². The van der Waals surface area contributed by atoms with Crippen LogP contribution in [-0.4, -0.2) is 98.0 Å². The minimum absolute atomic E-state index is 0. The van der Waals surface area contributed by atoms with Crippen LogP contribution in [0.25, 0.3) is 0 Å². The van der Waals surface area contributed by atoms with Gasteiger partial charge in [-0.15, -0.1) is 34.2 Å². The molecule has 10 nitrogen and oxygen atoms in total.